The maximum absolute atomic E-state index is 13.7. The second-order valence-electron chi connectivity index (χ2n) is 8.37. The fourth-order valence-electron chi connectivity index (χ4n) is 4.27. The Morgan fingerprint density at radius 1 is 1.03 bits per heavy atom. The molecule has 176 valence electrons. The van der Waals surface area contributed by atoms with Gasteiger partial charge in [-0.3, -0.25) is 14.4 Å². The molecule has 2 atom stereocenters. The number of carbonyl (C=O) groups is 3. The van der Waals surface area contributed by atoms with Crippen LogP contribution in [0.15, 0.2) is 36.4 Å². The maximum Gasteiger partial charge on any atom is 0.291 e. The number of amides is 1. The molecule has 1 aliphatic rings. The number of benzene rings is 2. The Morgan fingerprint density at radius 3 is 2.33 bits per heavy atom. The summed E-state index contributed by atoms with van der Waals surface area (Å²) in [5, 5.41) is 0. The minimum Gasteiger partial charge on any atom is -0.497 e. The average Bonchev–Trinajstić information content (AvgIpc) is 3.06. The molecule has 2 unspecified atom stereocenters. The number of nitrogens with zero attached hydrogens (tertiary/aromatic N) is 1. The third-order valence-electron chi connectivity index (χ3n) is 5.99. The topological polar surface area (TPSA) is 86.6 Å². The van der Waals surface area contributed by atoms with E-state index in [0.29, 0.717) is 47.0 Å². The highest BCUT2D eigenvalue weighted by molar-refractivity contribution is 6.44. The predicted octanol–water partition coefficient (Wildman–Crippen LogP) is 1.12. The molecule has 1 saturated heterocycles. The van der Waals surface area contributed by atoms with Crippen molar-refractivity contribution in [3.05, 3.63) is 53.1 Å². The van der Waals surface area contributed by atoms with Gasteiger partial charge in [-0.1, -0.05) is 12.1 Å². The van der Waals surface area contributed by atoms with Crippen LogP contribution in [0.3, 0.4) is 0 Å². The van der Waals surface area contributed by atoms with E-state index in [1.807, 2.05) is 14.1 Å². The fraction of sp³-hybridized carbons (Fsp3) is 0.400. The van der Waals surface area contributed by atoms with Crippen LogP contribution in [0.25, 0.3) is 0 Å². The van der Waals surface area contributed by atoms with E-state index < -0.39 is 29.4 Å². The van der Waals surface area contributed by atoms with Crippen LogP contribution in [0.1, 0.15) is 27.5 Å². The SMILES string of the molecule is COc1ccc(C(=O)C2C(=O)C(=O)N(CC[NH+](C)C)C2c2cccc(OC)c2OC)c(C)c1. The van der Waals surface area contributed by atoms with Crippen LogP contribution in [0, 0.1) is 12.8 Å². The van der Waals surface area contributed by atoms with E-state index in [1.165, 1.54) is 19.1 Å². The average molecular weight is 456 g/mol. The molecule has 8 heteroatoms. The molecule has 2 aromatic rings. The number of methoxy groups -OCH3 is 3. The number of carbonyl (C=O) groups excluding carboxylic acids is 3. The number of ketones is 2. The molecule has 0 aliphatic carbocycles. The van der Waals surface area contributed by atoms with Crippen LogP contribution < -0.4 is 19.1 Å². The van der Waals surface area contributed by atoms with Gasteiger partial charge in [0.15, 0.2) is 17.3 Å². The summed E-state index contributed by atoms with van der Waals surface area (Å²) in [6.45, 7) is 2.72. The van der Waals surface area contributed by atoms with E-state index >= 15 is 0 Å². The first-order chi connectivity index (χ1) is 15.7. The number of aryl methyl sites for hydroxylation is 1. The van der Waals surface area contributed by atoms with Gasteiger partial charge < -0.3 is 24.0 Å². The van der Waals surface area contributed by atoms with E-state index in [9.17, 15) is 14.4 Å². The smallest absolute Gasteiger partial charge is 0.291 e. The Kier molecular flexibility index (Phi) is 7.38. The molecule has 1 N–H and O–H groups in total. The Morgan fingerprint density at radius 2 is 1.76 bits per heavy atom. The van der Waals surface area contributed by atoms with Gasteiger partial charge in [0.2, 0.25) is 5.78 Å². The van der Waals surface area contributed by atoms with Crippen LogP contribution in [-0.2, 0) is 9.59 Å². The molecule has 1 fully saturated rings. The second-order valence-corrected chi connectivity index (χ2v) is 8.37. The van der Waals surface area contributed by atoms with E-state index in [4.69, 9.17) is 14.2 Å². The number of rotatable bonds is 9. The van der Waals surface area contributed by atoms with Gasteiger partial charge in [-0.2, -0.15) is 0 Å². The first kappa shape index (κ1) is 24.3. The molecule has 0 bridgehead atoms. The van der Waals surface area contributed by atoms with E-state index in [1.54, 1.807) is 50.4 Å². The third-order valence-corrected chi connectivity index (χ3v) is 5.99. The van der Waals surface area contributed by atoms with Crippen LogP contribution in [0.2, 0.25) is 0 Å². The summed E-state index contributed by atoms with van der Waals surface area (Å²) in [5.74, 6) is -1.48. The van der Waals surface area contributed by atoms with Gasteiger partial charge in [0.1, 0.15) is 11.7 Å². The van der Waals surface area contributed by atoms with Crippen LogP contribution >= 0.6 is 0 Å². The standard InChI is InChI=1S/C25H30N2O6/c1-15-14-16(31-4)10-11-17(15)22(28)20-21(18-8-7-9-19(32-5)24(18)33-6)27(13-12-26(2)3)25(30)23(20)29/h7-11,14,20-21H,12-13H2,1-6H3/p+1. The Hall–Kier alpha value is -3.39. The maximum atomic E-state index is 13.7. The minimum absolute atomic E-state index is 0.323. The van der Waals surface area contributed by atoms with Gasteiger partial charge in [0.25, 0.3) is 5.91 Å². The van der Waals surface area contributed by atoms with E-state index in [2.05, 4.69) is 0 Å². The van der Waals surface area contributed by atoms with Crippen molar-refractivity contribution in [3.8, 4) is 17.2 Å². The first-order valence-electron chi connectivity index (χ1n) is 10.8. The largest absolute Gasteiger partial charge is 0.497 e. The number of para-hydroxylation sites is 1. The molecule has 8 nitrogen and oxygen atoms in total. The van der Waals surface area contributed by atoms with Crippen molar-refractivity contribution in [2.75, 3.05) is 48.5 Å². The summed E-state index contributed by atoms with van der Waals surface area (Å²) in [6, 6.07) is 9.52. The number of hydrogen-bond acceptors (Lipinski definition) is 6. The van der Waals surface area contributed by atoms with Crippen molar-refractivity contribution in [2.45, 2.75) is 13.0 Å². The Balaban J connectivity index is 2.16. The summed E-state index contributed by atoms with van der Waals surface area (Å²) in [5.41, 5.74) is 1.62. The van der Waals surface area contributed by atoms with E-state index in [0.717, 1.165) is 4.90 Å². The van der Waals surface area contributed by atoms with Crippen LogP contribution in [0.5, 0.6) is 17.2 Å². The van der Waals surface area contributed by atoms with Crippen molar-refractivity contribution in [3.63, 3.8) is 0 Å². The number of hydrogen-bond donors (Lipinski definition) is 1. The minimum atomic E-state index is -1.19. The predicted molar refractivity (Wildman–Crippen MR) is 122 cm³/mol. The highest BCUT2D eigenvalue weighted by Crippen LogP contribution is 2.44. The molecule has 3 rings (SSSR count). The lowest BCUT2D eigenvalue weighted by molar-refractivity contribution is -0.857. The molecule has 0 saturated carbocycles. The third kappa shape index (κ3) is 4.57. The fourth-order valence-corrected chi connectivity index (χ4v) is 4.27. The van der Waals surface area contributed by atoms with Gasteiger partial charge in [-0.15, -0.1) is 0 Å². The van der Waals surface area contributed by atoms with Crippen LogP contribution in [-0.4, -0.2) is 70.9 Å². The molecule has 2 aromatic carbocycles. The van der Waals surface area contributed by atoms with Gasteiger partial charge in [0.05, 0.1) is 54.6 Å². The highest BCUT2D eigenvalue weighted by Gasteiger charge is 2.52. The van der Waals surface area contributed by atoms with Gasteiger partial charge in [-0.25, -0.2) is 0 Å². The summed E-state index contributed by atoms with van der Waals surface area (Å²) < 4.78 is 16.3. The van der Waals surface area contributed by atoms with Crippen molar-refractivity contribution in [1.82, 2.24) is 4.90 Å². The van der Waals surface area contributed by atoms with Gasteiger partial charge in [-0.05, 0) is 36.8 Å². The molecule has 33 heavy (non-hydrogen) atoms. The summed E-state index contributed by atoms with van der Waals surface area (Å²) >= 11 is 0. The number of likely N-dealkylation sites (N-methyl/N-ethyl adjacent to an activating group) is 1. The normalized spacial score (nSPS) is 18.1. The van der Waals surface area contributed by atoms with Crippen molar-refractivity contribution >= 4 is 17.5 Å². The summed E-state index contributed by atoms with van der Waals surface area (Å²) in [6.07, 6.45) is 0. The molecule has 0 radical (unpaired) electrons. The summed E-state index contributed by atoms with van der Waals surface area (Å²) in [4.78, 5) is 42.7. The lowest BCUT2D eigenvalue weighted by atomic mass is 9.84. The van der Waals surface area contributed by atoms with Crippen molar-refractivity contribution in [2.24, 2.45) is 5.92 Å². The second kappa shape index (κ2) is 10.0. The molecular weight excluding hydrogens is 424 g/mol. The molecule has 1 heterocycles. The molecule has 0 aromatic heterocycles. The lowest BCUT2D eigenvalue weighted by Crippen LogP contribution is -3.06. The van der Waals surface area contributed by atoms with Crippen LogP contribution in [0.4, 0.5) is 0 Å². The molecule has 0 spiro atoms. The molecule has 1 amide bonds. The molecular formula is C25H31N2O6+. The van der Waals surface area contributed by atoms with Crippen molar-refractivity contribution in [1.29, 1.82) is 0 Å². The Bertz CT molecular complexity index is 1060. The number of nitrogens with one attached hydrogen (secondary N) is 1. The lowest BCUT2D eigenvalue weighted by Gasteiger charge is -2.29. The zero-order valence-electron chi connectivity index (χ0n) is 19.9. The van der Waals surface area contributed by atoms with Crippen molar-refractivity contribution < 1.29 is 33.5 Å². The van der Waals surface area contributed by atoms with E-state index in [-0.39, 0.29) is 0 Å². The van der Waals surface area contributed by atoms with Gasteiger partial charge in [0, 0.05) is 11.1 Å². The number of Topliss-reactive ketones (excluding diaryl/α,β-unsaturated/α-hetero) is 2. The monoisotopic (exact) mass is 455 g/mol. The zero-order valence-corrected chi connectivity index (χ0v) is 19.9. The highest BCUT2D eigenvalue weighted by atomic mass is 16.5. The first-order valence-corrected chi connectivity index (χ1v) is 10.8. The Labute approximate surface area is 194 Å². The summed E-state index contributed by atoms with van der Waals surface area (Å²) in [7, 11) is 8.49. The number of ether oxygens (including phenoxy) is 3. The number of likely N-dealkylation sites (tertiary alicyclic amines) is 1. The van der Waals surface area contributed by atoms with Gasteiger partial charge >= 0.3 is 0 Å². The zero-order chi connectivity index (χ0) is 24.3. The number of quaternary nitrogens is 1. The molecule has 1 aliphatic heterocycles. The quantitative estimate of drug-likeness (QED) is 0.346.